The Labute approximate surface area is 159 Å². The molecule has 0 spiro atoms. The predicted octanol–water partition coefficient (Wildman–Crippen LogP) is 3.07. The molecule has 27 heavy (non-hydrogen) atoms. The van der Waals surface area contributed by atoms with E-state index in [-0.39, 0.29) is 17.9 Å². The number of hydrogen-bond donors (Lipinski definition) is 1. The van der Waals surface area contributed by atoms with Gasteiger partial charge >= 0.3 is 0 Å². The molecule has 1 aliphatic carbocycles. The predicted molar refractivity (Wildman–Crippen MR) is 103 cm³/mol. The van der Waals surface area contributed by atoms with Crippen molar-refractivity contribution in [2.45, 2.75) is 38.1 Å². The third kappa shape index (κ3) is 4.54. The Bertz CT molecular complexity index is 809. The summed E-state index contributed by atoms with van der Waals surface area (Å²) in [6.45, 7) is 1.49. The van der Waals surface area contributed by atoms with Crippen LogP contribution >= 0.6 is 0 Å². The summed E-state index contributed by atoms with van der Waals surface area (Å²) >= 11 is 0. The molecule has 0 unspecified atom stereocenters. The van der Waals surface area contributed by atoms with E-state index in [0.29, 0.717) is 17.3 Å². The number of nitrogens with one attached hydrogen (secondary N) is 1. The molecule has 140 valence electrons. The zero-order valence-corrected chi connectivity index (χ0v) is 15.4. The van der Waals surface area contributed by atoms with E-state index in [9.17, 15) is 9.59 Å². The van der Waals surface area contributed by atoms with Crippen molar-refractivity contribution in [3.63, 3.8) is 0 Å². The molecule has 0 atom stereocenters. The molecule has 2 aliphatic rings. The van der Waals surface area contributed by atoms with Crippen LogP contribution in [0.1, 0.15) is 52.2 Å². The minimum Gasteiger partial charge on any atom is -0.348 e. The summed E-state index contributed by atoms with van der Waals surface area (Å²) in [4.78, 5) is 31.1. The Morgan fingerprint density at radius 3 is 2.33 bits per heavy atom. The first-order valence-corrected chi connectivity index (χ1v) is 9.80. The first kappa shape index (κ1) is 17.7. The van der Waals surface area contributed by atoms with Crippen molar-refractivity contribution >= 4 is 11.8 Å². The fraction of sp³-hybridized carbons (Fsp3) is 0.409. The SMILES string of the molecule is O=C(NC1CC1)c1cccc(C(=O)N2CCC(Cc3ccccc3)CC2)n1. The Hall–Kier alpha value is -2.69. The van der Waals surface area contributed by atoms with Gasteiger partial charge in [-0.15, -0.1) is 0 Å². The number of amides is 2. The maximum absolute atomic E-state index is 12.8. The van der Waals surface area contributed by atoms with Gasteiger partial charge in [-0.25, -0.2) is 4.98 Å². The molecule has 1 aromatic heterocycles. The molecule has 1 saturated heterocycles. The van der Waals surface area contributed by atoms with Crippen LogP contribution in [0.4, 0.5) is 0 Å². The van der Waals surface area contributed by atoms with Gasteiger partial charge < -0.3 is 10.2 Å². The fourth-order valence-electron chi connectivity index (χ4n) is 3.62. The Balaban J connectivity index is 1.34. The van der Waals surface area contributed by atoms with Crippen molar-refractivity contribution < 1.29 is 9.59 Å². The van der Waals surface area contributed by atoms with Crippen LogP contribution in [0, 0.1) is 5.92 Å². The molecule has 2 aromatic rings. The standard InChI is InChI=1S/C22H25N3O2/c26-21(23-18-9-10-18)19-7-4-8-20(24-19)22(27)25-13-11-17(12-14-25)15-16-5-2-1-3-6-16/h1-8,17-18H,9-15H2,(H,23,26). The number of hydrogen-bond acceptors (Lipinski definition) is 3. The number of piperidine rings is 1. The van der Waals surface area contributed by atoms with E-state index in [1.807, 2.05) is 11.0 Å². The monoisotopic (exact) mass is 363 g/mol. The summed E-state index contributed by atoms with van der Waals surface area (Å²) in [5.41, 5.74) is 2.05. The smallest absolute Gasteiger partial charge is 0.272 e. The first-order chi connectivity index (χ1) is 13.2. The molecule has 2 amide bonds. The van der Waals surface area contributed by atoms with Crippen molar-refractivity contribution in [1.29, 1.82) is 0 Å². The van der Waals surface area contributed by atoms with Crippen LogP contribution in [0.2, 0.25) is 0 Å². The highest BCUT2D eigenvalue weighted by Crippen LogP contribution is 2.23. The summed E-state index contributed by atoms with van der Waals surface area (Å²) in [6, 6.07) is 15.9. The summed E-state index contributed by atoms with van der Waals surface area (Å²) in [7, 11) is 0. The summed E-state index contributed by atoms with van der Waals surface area (Å²) in [5, 5.41) is 2.92. The molecule has 1 aliphatic heterocycles. The van der Waals surface area contributed by atoms with Gasteiger partial charge in [0, 0.05) is 19.1 Å². The van der Waals surface area contributed by atoms with E-state index in [1.54, 1.807) is 18.2 Å². The molecule has 1 aromatic carbocycles. The van der Waals surface area contributed by atoms with Gasteiger partial charge in [0.25, 0.3) is 11.8 Å². The van der Waals surface area contributed by atoms with Gasteiger partial charge in [0.1, 0.15) is 11.4 Å². The minimum absolute atomic E-state index is 0.0748. The van der Waals surface area contributed by atoms with E-state index >= 15 is 0 Å². The van der Waals surface area contributed by atoms with Gasteiger partial charge in [-0.2, -0.15) is 0 Å². The molecule has 2 fully saturated rings. The van der Waals surface area contributed by atoms with E-state index in [2.05, 4.69) is 34.6 Å². The lowest BCUT2D eigenvalue weighted by molar-refractivity contribution is 0.0684. The number of carbonyl (C=O) groups excluding carboxylic acids is 2. The van der Waals surface area contributed by atoms with Crippen LogP contribution in [0.5, 0.6) is 0 Å². The number of pyridine rings is 1. The minimum atomic E-state index is -0.186. The maximum Gasteiger partial charge on any atom is 0.272 e. The largest absolute Gasteiger partial charge is 0.348 e. The van der Waals surface area contributed by atoms with E-state index < -0.39 is 0 Å². The van der Waals surface area contributed by atoms with Crippen LogP contribution in [-0.4, -0.2) is 40.8 Å². The van der Waals surface area contributed by atoms with Gasteiger partial charge in [-0.1, -0.05) is 36.4 Å². The lowest BCUT2D eigenvalue weighted by Crippen LogP contribution is -2.39. The van der Waals surface area contributed by atoms with E-state index in [0.717, 1.165) is 45.2 Å². The lowest BCUT2D eigenvalue weighted by Gasteiger charge is -2.32. The highest BCUT2D eigenvalue weighted by atomic mass is 16.2. The highest BCUT2D eigenvalue weighted by Gasteiger charge is 2.27. The van der Waals surface area contributed by atoms with Gasteiger partial charge in [0.2, 0.25) is 0 Å². The van der Waals surface area contributed by atoms with Crippen LogP contribution in [-0.2, 0) is 6.42 Å². The molecule has 2 heterocycles. The Morgan fingerprint density at radius 1 is 0.926 bits per heavy atom. The second-order valence-electron chi connectivity index (χ2n) is 7.58. The third-order valence-corrected chi connectivity index (χ3v) is 5.38. The van der Waals surface area contributed by atoms with Crippen LogP contribution in [0.15, 0.2) is 48.5 Å². The summed E-state index contributed by atoms with van der Waals surface area (Å²) in [6.07, 6.45) is 5.13. The number of aromatic nitrogens is 1. The van der Waals surface area contributed by atoms with Crippen molar-refractivity contribution in [2.24, 2.45) is 5.92 Å². The average Bonchev–Trinajstić information content (AvgIpc) is 3.53. The molecular formula is C22H25N3O2. The van der Waals surface area contributed by atoms with E-state index in [4.69, 9.17) is 0 Å². The Kier molecular flexibility index (Phi) is 5.19. The van der Waals surface area contributed by atoms with E-state index in [1.165, 1.54) is 5.56 Å². The maximum atomic E-state index is 12.8. The quantitative estimate of drug-likeness (QED) is 0.888. The van der Waals surface area contributed by atoms with Gasteiger partial charge in [-0.3, -0.25) is 9.59 Å². The van der Waals surface area contributed by atoms with Crippen molar-refractivity contribution in [3.05, 3.63) is 65.5 Å². The summed E-state index contributed by atoms with van der Waals surface area (Å²) in [5.74, 6) is 0.350. The third-order valence-electron chi connectivity index (χ3n) is 5.38. The molecule has 4 rings (SSSR count). The number of carbonyl (C=O) groups is 2. The van der Waals surface area contributed by atoms with Crippen LogP contribution in [0.3, 0.4) is 0 Å². The molecule has 1 saturated carbocycles. The lowest BCUT2D eigenvalue weighted by atomic mass is 9.90. The van der Waals surface area contributed by atoms with Crippen molar-refractivity contribution in [1.82, 2.24) is 15.2 Å². The zero-order chi connectivity index (χ0) is 18.6. The second-order valence-corrected chi connectivity index (χ2v) is 7.58. The number of likely N-dealkylation sites (tertiary alicyclic amines) is 1. The topological polar surface area (TPSA) is 62.3 Å². The molecular weight excluding hydrogens is 338 g/mol. The van der Waals surface area contributed by atoms with Gasteiger partial charge in [0.15, 0.2) is 0 Å². The van der Waals surface area contributed by atoms with Gasteiger partial charge in [0.05, 0.1) is 0 Å². The molecule has 0 radical (unpaired) electrons. The first-order valence-electron chi connectivity index (χ1n) is 9.80. The molecule has 1 N–H and O–H groups in total. The number of nitrogens with zero attached hydrogens (tertiary/aromatic N) is 2. The van der Waals surface area contributed by atoms with Crippen molar-refractivity contribution in [3.8, 4) is 0 Å². The second kappa shape index (κ2) is 7.91. The van der Waals surface area contributed by atoms with Crippen molar-refractivity contribution in [2.75, 3.05) is 13.1 Å². The van der Waals surface area contributed by atoms with Gasteiger partial charge in [-0.05, 0) is 55.7 Å². The Morgan fingerprint density at radius 2 is 1.63 bits per heavy atom. The highest BCUT2D eigenvalue weighted by molar-refractivity contribution is 5.96. The average molecular weight is 363 g/mol. The summed E-state index contributed by atoms with van der Waals surface area (Å²) < 4.78 is 0. The molecule has 5 nitrogen and oxygen atoms in total. The molecule has 0 bridgehead atoms. The number of benzene rings is 1. The van der Waals surface area contributed by atoms with Crippen LogP contribution in [0.25, 0.3) is 0 Å². The molecule has 5 heteroatoms. The normalized spacial score (nSPS) is 17.6. The zero-order valence-electron chi connectivity index (χ0n) is 15.4. The van der Waals surface area contributed by atoms with Crippen LogP contribution < -0.4 is 5.32 Å². The number of rotatable bonds is 5. The fourth-order valence-corrected chi connectivity index (χ4v) is 3.62.